The van der Waals surface area contributed by atoms with Crippen molar-refractivity contribution in [2.75, 3.05) is 0 Å². The number of thioether (sulfide) groups is 1. The maximum Gasteiger partial charge on any atom is 0.150 e. The van der Waals surface area contributed by atoms with Gasteiger partial charge in [0.25, 0.3) is 0 Å². The Morgan fingerprint density at radius 3 is 2.60 bits per heavy atom. The van der Waals surface area contributed by atoms with Gasteiger partial charge < -0.3 is 5.11 Å². The molecule has 2 atom stereocenters. The molecular weight excluding hydrogens is 215 g/mol. The number of benzene rings is 1. The number of hydrogen-bond donors (Lipinski definition) is 1. The minimum absolute atomic E-state index is 0.0358. The van der Waals surface area contributed by atoms with Gasteiger partial charge in [-0.1, -0.05) is 6.92 Å². The largest absolute Gasteiger partial charge is 0.392 e. The molecule has 2 unspecified atom stereocenters. The van der Waals surface area contributed by atoms with Crippen molar-refractivity contribution in [3.05, 3.63) is 29.6 Å². The molecule has 0 heterocycles. The first-order chi connectivity index (χ1) is 7.02. The van der Waals surface area contributed by atoms with E-state index in [9.17, 15) is 14.3 Å². The lowest BCUT2D eigenvalue weighted by Crippen LogP contribution is -2.14. The van der Waals surface area contributed by atoms with Crippen LogP contribution < -0.4 is 0 Å². The van der Waals surface area contributed by atoms with Crippen LogP contribution in [0.4, 0.5) is 4.39 Å². The van der Waals surface area contributed by atoms with E-state index in [1.165, 1.54) is 23.9 Å². The Labute approximate surface area is 92.5 Å². The molecule has 82 valence electrons. The molecule has 1 aromatic carbocycles. The molecule has 0 bridgehead atoms. The number of aliphatic hydroxyl groups excluding tert-OH is 1. The lowest BCUT2D eigenvalue weighted by atomic mass is 10.2. The van der Waals surface area contributed by atoms with Crippen LogP contribution in [0.3, 0.4) is 0 Å². The lowest BCUT2D eigenvalue weighted by molar-refractivity contribution is 0.112. The number of aldehydes is 1. The molecule has 0 fully saturated rings. The van der Waals surface area contributed by atoms with Gasteiger partial charge in [-0.2, -0.15) is 0 Å². The molecule has 0 radical (unpaired) electrons. The molecule has 2 nitrogen and oxygen atoms in total. The number of rotatable bonds is 4. The van der Waals surface area contributed by atoms with Crippen LogP contribution in [0, 0.1) is 5.82 Å². The molecule has 0 aliphatic rings. The van der Waals surface area contributed by atoms with E-state index in [4.69, 9.17) is 0 Å². The van der Waals surface area contributed by atoms with Gasteiger partial charge in [0.1, 0.15) is 12.1 Å². The first-order valence-electron chi connectivity index (χ1n) is 4.63. The molecule has 4 heteroatoms. The zero-order valence-corrected chi connectivity index (χ0v) is 9.42. The van der Waals surface area contributed by atoms with Gasteiger partial charge in [-0.05, 0) is 25.1 Å². The van der Waals surface area contributed by atoms with Gasteiger partial charge in [0.15, 0.2) is 0 Å². The summed E-state index contributed by atoms with van der Waals surface area (Å²) in [5.41, 5.74) is 0.315. The van der Waals surface area contributed by atoms with Crippen LogP contribution in [0.25, 0.3) is 0 Å². The minimum Gasteiger partial charge on any atom is -0.392 e. The van der Waals surface area contributed by atoms with E-state index >= 15 is 0 Å². The number of carbonyl (C=O) groups excluding carboxylic acids is 1. The van der Waals surface area contributed by atoms with Gasteiger partial charge in [-0.25, -0.2) is 4.39 Å². The molecule has 0 saturated carbocycles. The SMILES string of the molecule is CC(O)C(C)Sc1cc(F)cc(C=O)c1. The molecule has 1 rings (SSSR count). The highest BCUT2D eigenvalue weighted by molar-refractivity contribution is 8.00. The van der Waals surface area contributed by atoms with Crippen LogP contribution in [0.2, 0.25) is 0 Å². The van der Waals surface area contributed by atoms with Gasteiger partial charge in [-0.3, -0.25) is 4.79 Å². The van der Waals surface area contributed by atoms with Crippen molar-refractivity contribution in [1.29, 1.82) is 0 Å². The summed E-state index contributed by atoms with van der Waals surface area (Å²) in [5.74, 6) is -0.431. The highest BCUT2D eigenvalue weighted by Gasteiger charge is 2.11. The van der Waals surface area contributed by atoms with Crippen molar-refractivity contribution in [3.63, 3.8) is 0 Å². The monoisotopic (exact) mass is 228 g/mol. The van der Waals surface area contributed by atoms with E-state index in [1.807, 2.05) is 6.92 Å². The third kappa shape index (κ3) is 3.64. The Morgan fingerprint density at radius 1 is 1.40 bits per heavy atom. The first kappa shape index (κ1) is 12.2. The highest BCUT2D eigenvalue weighted by Crippen LogP contribution is 2.26. The smallest absolute Gasteiger partial charge is 0.150 e. The van der Waals surface area contributed by atoms with Crippen LogP contribution in [0.15, 0.2) is 23.1 Å². The summed E-state index contributed by atoms with van der Waals surface area (Å²) >= 11 is 1.35. The van der Waals surface area contributed by atoms with E-state index < -0.39 is 11.9 Å². The number of hydrogen-bond acceptors (Lipinski definition) is 3. The first-order valence-corrected chi connectivity index (χ1v) is 5.51. The fourth-order valence-electron chi connectivity index (χ4n) is 1.03. The van der Waals surface area contributed by atoms with Crippen molar-refractivity contribution in [2.24, 2.45) is 0 Å². The van der Waals surface area contributed by atoms with E-state index in [0.717, 1.165) is 0 Å². The fourth-order valence-corrected chi connectivity index (χ4v) is 2.04. The summed E-state index contributed by atoms with van der Waals surface area (Å²) in [6.45, 7) is 3.53. The number of aliphatic hydroxyl groups is 1. The predicted octanol–water partition coefficient (Wildman–Crippen LogP) is 2.50. The Morgan fingerprint density at radius 2 is 2.07 bits per heavy atom. The number of carbonyl (C=O) groups is 1. The summed E-state index contributed by atoms with van der Waals surface area (Å²) in [4.78, 5) is 11.2. The normalized spacial score (nSPS) is 14.7. The molecule has 0 aliphatic heterocycles. The maximum absolute atomic E-state index is 13.0. The quantitative estimate of drug-likeness (QED) is 0.635. The summed E-state index contributed by atoms with van der Waals surface area (Å²) in [6, 6.07) is 4.15. The van der Waals surface area contributed by atoms with Gasteiger partial charge in [-0.15, -0.1) is 11.8 Å². The molecular formula is C11H13FO2S. The Bertz CT molecular complexity index is 352. The minimum atomic E-state index is -0.474. The van der Waals surface area contributed by atoms with E-state index in [0.29, 0.717) is 16.7 Å². The van der Waals surface area contributed by atoms with Crippen molar-refractivity contribution in [1.82, 2.24) is 0 Å². The zero-order chi connectivity index (χ0) is 11.4. The van der Waals surface area contributed by atoms with E-state index in [1.54, 1.807) is 13.0 Å². The maximum atomic E-state index is 13.0. The van der Waals surface area contributed by atoms with Crippen LogP contribution in [0.5, 0.6) is 0 Å². The lowest BCUT2D eigenvalue weighted by Gasteiger charge is -2.14. The standard InChI is InChI=1S/C11H13FO2S/c1-7(14)8(2)15-11-4-9(6-13)3-10(12)5-11/h3-8,14H,1-2H3. The Balaban J connectivity index is 2.85. The average molecular weight is 228 g/mol. The summed E-state index contributed by atoms with van der Waals surface area (Å²) in [6.07, 6.45) is 0.137. The van der Waals surface area contributed by atoms with Crippen LogP contribution >= 0.6 is 11.8 Å². The molecule has 0 saturated heterocycles. The molecule has 15 heavy (non-hydrogen) atoms. The van der Waals surface area contributed by atoms with Gasteiger partial charge in [0, 0.05) is 15.7 Å². The average Bonchev–Trinajstić information content (AvgIpc) is 2.16. The molecule has 0 aromatic heterocycles. The second-order valence-electron chi connectivity index (χ2n) is 3.40. The molecule has 1 N–H and O–H groups in total. The summed E-state index contributed by atoms with van der Waals surface area (Å²) < 4.78 is 13.0. The van der Waals surface area contributed by atoms with Crippen LogP contribution in [0.1, 0.15) is 24.2 Å². The number of halogens is 1. The molecule has 0 spiro atoms. The zero-order valence-electron chi connectivity index (χ0n) is 8.61. The van der Waals surface area contributed by atoms with Crippen molar-refractivity contribution in [2.45, 2.75) is 30.1 Å². The van der Waals surface area contributed by atoms with Crippen LogP contribution in [-0.2, 0) is 0 Å². The van der Waals surface area contributed by atoms with Gasteiger partial charge in [0.2, 0.25) is 0 Å². The topological polar surface area (TPSA) is 37.3 Å². The summed E-state index contributed by atoms with van der Waals surface area (Å²) in [7, 11) is 0. The summed E-state index contributed by atoms with van der Waals surface area (Å²) in [5, 5.41) is 9.26. The van der Waals surface area contributed by atoms with Crippen molar-refractivity contribution < 1.29 is 14.3 Å². The van der Waals surface area contributed by atoms with E-state index in [2.05, 4.69) is 0 Å². The molecule has 0 aliphatic carbocycles. The third-order valence-corrected chi connectivity index (χ3v) is 3.30. The fraction of sp³-hybridized carbons (Fsp3) is 0.364. The van der Waals surface area contributed by atoms with Gasteiger partial charge in [0.05, 0.1) is 6.10 Å². The highest BCUT2D eigenvalue weighted by atomic mass is 32.2. The van der Waals surface area contributed by atoms with Crippen molar-refractivity contribution in [3.8, 4) is 0 Å². The third-order valence-electron chi connectivity index (χ3n) is 2.03. The van der Waals surface area contributed by atoms with Crippen molar-refractivity contribution >= 4 is 18.0 Å². The van der Waals surface area contributed by atoms with E-state index in [-0.39, 0.29) is 5.25 Å². The Kier molecular flexibility index (Phi) is 4.29. The second kappa shape index (κ2) is 5.28. The molecule has 1 aromatic rings. The van der Waals surface area contributed by atoms with Gasteiger partial charge >= 0.3 is 0 Å². The van der Waals surface area contributed by atoms with Crippen LogP contribution in [-0.4, -0.2) is 22.7 Å². The molecule has 0 amide bonds. The Hall–Kier alpha value is -0.870. The second-order valence-corrected chi connectivity index (χ2v) is 4.85. The predicted molar refractivity (Wildman–Crippen MR) is 58.8 cm³/mol.